The highest BCUT2D eigenvalue weighted by atomic mass is 19.4. The van der Waals surface area contributed by atoms with Gasteiger partial charge in [0.05, 0.1) is 6.61 Å². The lowest BCUT2D eigenvalue weighted by Gasteiger charge is -2.16. The average molecular weight is 385 g/mol. The molecular formula is C18H15F4NO4. The molecule has 0 bridgehead atoms. The van der Waals surface area contributed by atoms with Crippen LogP contribution in [0.4, 0.5) is 17.6 Å². The van der Waals surface area contributed by atoms with Crippen LogP contribution in [0, 0.1) is 5.82 Å². The minimum Gasteiger partial charge on any atom is -0.462 e. The van der Waals surface area contributed by atoms with Gasteiger partial charge in [-0.1, -0.05) is 18.7 Å². The van der Waals surface area contributed by atoms with Crippen LogP contribution in [0.15, 0.2) is 37.0 Å². The van der Waals surface area contributed by atoms with Gasteiger partial charge in [0.15, 0.2) is 17.7 Å². The zero-order valence-corrected chi connectivity index (χ0v) is 14.1. The highest BCUT2D eigenvalue weighted by Gasteiger charge is 2.39. The van der Waals surface area contributed by atoms with Crippen molar-refractivity contribution in [2.75, 3.05) is 6.61 Å². The van der Waals surface area contributed by atoms with Gasteiger partial charge in [-0.15, -0.1) is 0 Å². The van der Waals surface area contributed by atoms with Gasteiger partial charge in [-0.25, -0.2) is 14.2 Å². The number of halogens is 4. The molecule has 0 aliphatic carbocycles. The van der Waals surface area contributed by atoms with E-state index in [0.717, 1.165) is 12.1 Å². The first kappa shape index (κ1) is 20.4. The standard InChI is InChI=1S/C18H15F4NO4/c1-3-10-7-8-23-16(14(10)17(25)26-4-2)27-13-6-5-11(9-12(13)19)15(24)18(20,21)22/h3,5-9,15,24H,1,4H2,2H3. The van der Waals surface area contributed by atoms with Crippen LogP contribution in [-0.2, 0) is 4.74 Å². The van der Waals surface area contributed by atoms with Crippen molar-refractivity contribution in [3.05, 3.63) is 59.5 Å². The Labute approximate surface area is 151 Å². The molecule has 0 aliphatic heterocycles. The van der Waals surface area contributed by atoms with Crippen LogP contribution in [0.2, 0.25) is 0 Å². The largest absolute Gasteiger partial charge is 0.462 e. The smallest absolute Gasteiger partial charge is 0.418 e. The Morgan fingerprint density at radius 1 is 1.37 bits per heavy atom. The number of pyridine rings is 1. The molecule has 0 saturated heterocycles. The van der Waals surface area contributed by atoms with E-state index >= 15 is 0 Å². The fourth-order valence-electron chi connectivity index (χ4n) is 2.18. The van der Waals surface area contributed by atoms with Crippen molar-refractivity contribution in [3.8, 4) is 11.6 Å². The Kier molecular flexibility index (Phi) is 6.17. The van der Waals surface area contributed by atoms with Gasteiger partial charge in [0.25, 0.3) is 0 Å². The van der Waals surface area contributed by atoms with Crippen LogP contribution in [0.1, 0.15) is 34.5 Å². The van der Waals surface area contributed by atoms with Crippen LogP contribution in [0.25, 0.3) is 6.08 Å². The number of hydrogen-bond acceptors (Lipinski definition) is 5. The van der Waals surface area contributed by atoms with E-state index in [1.165, 1.54) is 18.3 Å². The molecule has 27 heavy (non-hydrogen) atoms. The lowest BCUT2D eigenvalue weighted by molar-refractivity contribution is -0.206. The molecule has 5 nitrogen and oxygen atoms in total. The molecule has 0 fully saturated rings. The summed E-state index contributed by atoms with van der Waals surface area (Å²) >= 11 is 0. The summed E-state index contributed by atoms with van der Waals surface area (Å²) in [6.45, 7) is 5.22. The highest BCUT2D eigenvalue weighted by Crippen LogP contribution is 2.35. The topological polar surface area (TPSA) is 68.7 Å². The van der Waals surface area contributed by atoms with E-state index in [2.05, 4.69) is 11.6 Å². The van der Waals surface area contributed by atoms with E-state index in [1.54, 1.807) is 6.92 Å². The van der Waals surface area contributed by atoms with E-state index in [4.69, 9.17) is 9.47 Å². The molecule has 2 rings (SSSR count). The van der Waals surface area contributed by atoms with E-state index in [0.29, 0.717) is 11.6 Å². The number of ether oxygens (including phenoxy) is 2. The van der Waals surface area contributed by atoms with Crippen LogP contribution in [0.3, 0.4) is 0 Å². The number of benzene rings is 1. The summed E-state index contributed by atoms with van der Waals surface area (Å²) < 4.78 is 62.0. The predicted molar refractivity (Wildman–Crippen MR) is 87.8 cm³/mol. The Morgan fingerprint density at radius 2 is 2.07 bits per heavy atom. The summed E-state index contributed by atoms with van der Waals surface area (Å²) in [5.74, 6) is -2.72. The summed E-state index contributed by atoms with van der Waals surface area (Å²) in [5.41, 5.74) is -0.470. The lowest BCUT2D eigenvalue weighted by Crippen LogP contribution is -2.20. The maximum Gasteiger partial charge on any atom is 0.418 e. The molecule has 9 heteroatoms. The quantitative estimate of drug-likeness (QED) is 0.589. The fraction of sp³-hybridized carbons (Fsp3) is 0.222. The van der Waals surface area contributed by atoms with Gasteiger partial charge in [0.1, 0.15) is 5.56 Å². The zero-order valence-electron chi connectivity index (χ0n) is 14.1. The van der Waals surface area contributed by atoms with Crippen molar-refractivity contribution in [1.29, 1.82) is 0 Å². The molecule has 1 aromatic heterocycles. The molecule has 0 radical (unpaired) electrons. The minimum absolute atomic E-state index is 0.0716. The summed E-state index contributed by atoms with van der Waals surface area (Å²) in [4.78, 5) is 16.0. The Bertz CT molecular complexity index is 852. The first-order valence-electron chi connectivity index (χ1n) is 7.69. The molecule has 0 saturated carbocycles. The fourth-order valence-corrected chi connectivity index (χ4v) is 2.18. The molecule has 0 amide bonds. The number of aromatic nitrogens is 1. The summed E-state index contributed by atoms with van der Waals surface area (Å²) in [6.07, 6.45) is -5.14. The second-order valence-corrected chi connectivity index (χ2v) is 5.24. The van der Waals surface area contributed by atoms with Gasteiger partial charge in [0.2, 0.25) is 5.88 Å². The summed E-state index contributed by atoms with van der Waals surface area (Å²) in [7, 11) is 0. The number of hydrogen-bond donors (Lipinski definition) is 1. The Balaban J connectivity index is 2.40. The van der Waals surface area contributed by atoms with Crippen LogP contribution >= 0.6 is 0 Å². The zero-order chi connectivity index (χ0) is 20.2. The normalized spacial score (nSPS) is 12.4. The van der Waals surface area contributed by atoms with Crippen molar-refractivity contribution >= 4 is 12.0 Å². The number of carbonyl (C=O) groups excluding carboxylic acids is 1. The third kappa shape index (κ3) is 4.62. The Morgan fingerprint density at radius 3 is 2.63 bits per heavy atom. The van der Waals surface area contributed by atoms with Gasteiger partial charge in [-0.3, -0.25) is 0 Å². The van der Waals surface area contributed by atoms with E-state index in [9.17, 15) is 27.5 Å². The molecule has 1 unspecified atom stereocenters. The summed E-state index contributed by atoms with van der Waals surface area (Å²) in [5, 5.41) is 9.19. The first-order chi connectivity index (χ1) is 12.7. The van der Waals surface area contributed by atoms with Crippen LogP contribution in [0.5, 0.6) is 11.6 Å². The maximum absolute atomic E-state index is 14.2. The lowest BCUT2D eigenvalue weighted by atomic mass is 10.1. The van der Waals surface area contributed by atoms with Crippen molar-refractivity contribution in [2.45, 2.75) is 19.2 Å². The monoisotopic (exact) mass is 385 g/mol. The molecule has 0 spiro atoms. The van der Waals surface area contributed by atoms with Crippen molar-refractivity contribution in [3.63, 3.8) is 0 Å². The number of aliphatic hydroxyl groups is 1. The molecule has 144 valence electrons. The average Bonchev–Trinajstić information content (AvgIpc) is 2.61. The maximum atomic E-state index is 14.2. The van der Waals surface area contributed by atoms with E-state index < -0.39 is 35.4 Å². The second kappa shape index (κ2) is 8.17. The van der Waals surface area contributed by atoms with E-state index in [1.807, 2.05) is 0 Å². The first-order valence-corrected chi connectivity index (χ1v) is 7.69. The molecule has 1 N–H and O–H groups in total. The molecule has 1 heterocycles. The van der Waals surface area contributed by atoms with E-state index in [-0.39, 0.29) is 18.1 Å². The third-order valence-electron chi connectivity index (χ3n) is 3.44. The summed E-state index contributed by atoms with van der Waals surface area (Å²) in [6, 6.07) is 3.72. The molecule has 0 aliphatic rings. The number of aliphatic hydroxyl groups excluding tert-OH is 1. The van der Waals surface area contributed by atoms with Crippen molar-refractivity contribution in [2.24, 2.45) is 0 Å². The minimum atomic E-state index is -4.94. The van der Waals surface area contributed by atoms with Crippen molar-refractivity contribution < 1.29 is 36.9 Å². The second-order valence-electron chi connectivity index (χ2n) is 5.24. The van der Waals surface area contributed by atoms with Gasteiger partial charge >= 0.3 is 12.1 Å². The molecule has 2 aromatic rings. The number of alkyl halides is 3. The molecular weight excluding hydrogens is 370 g/mol. The van der Waals surface area contributed by atoms with Gasteiger partial charge in [-0.2, -0.15) is 13.2 Å². The highest BCUT2D eigenvalue weighted by molar-refractivity contribution is 5.96. The van der Waals surface area contributed by atoms with Crippen LogP contribution < -0.4 is 4.74 Å². The van der Waals surface area contributed by atoms with Crippen molar-refractivity contribution in [1.82, 2.24) is 4.98 Å². The SMILES string of the molecule is C=Cc1ccnc(Oc2ccc(C(O)C(F)(F)F)cc2F)c1C(=O)OCC. The van der Waals surface area contributed by atoms with Gasteiger partial charge in [0, 0.05) is 6.20 Å². The van der Waals surface area contributed by atoms with Gasteiger partial charge in [-0.05, 0) is 36.2 Å². The number of carbonyl (C=O) groups is 1. The number of esters is 1. The predicted octanol–water partition coefficient (Wildman–Crippen LogP) is 4.43. The Hall–Kier alpha value is -2.94. The molecule has 1 atom stereocenters. The third-order valence-corrected chi connectivity index (χ3v) is 3.44. The number of rotatable bonds is 6. The number of nitrogens with zero attached hydrogens (tertiary/aromatic N) is 1. The molecule has 1 aromatic carbocycles. The van der Waals surface area contributed by atoms with Gasteiger partial charge < -0.3 is 14.6 Å². The van der Waals surface area contributed by atoms with Crippen LogP contribution in [-0.4, -0.2) is 28.8 Å².